The molecule has 0 amide bonds. The molecule has 1 fully saturated rings. The normalized spacial score (nSPS) is 14.2. The molecule has 0 saturated carbocycles. The first kappa shape index (κ1) is 20.6. The van der Waals surface area contributed by atoms with E-state index < -0.39 is 0 Å². The van der Waals surface area contributed by atoms with Gasteiger partial charge in [0.05, 0.1) is 31.7 Å². The van der Waals surface area contributed by atoms with Crippen molar-refractivity contribution < 1.29 is 13.9 Å². The van der Waals surface area contributed by atoms with Crippen molar-refractivity contribution in [2.75, 3.05) is 38.3 Å². The zero-order chi connectivity index (χ0) is 21.1. The number of hydrogen-bond acceptors (Lipinski definition) is 7. The van der Waals surface area contributed by atoms with E-state index >= 15 is 0 Å². The largest absolute Gasteiger partial charge is 0.496 e. The molecule has 1 aromatic carbocycles. The number of morpholine rings is 1. The summed E-state index contributed by atoms with van der Waals surface area (Å²) >= 11 is 1.52. The molecule has 1 aliphatic rings. The number of methoxy groups -OCH3 is 1. The van der Waals surface area contributed by atoms with E-state index in [1.54, 1.807) is 13.2 Å². The summed E-state index contributed by atoms with van der Waals surface area (Å²) in [4.78, 5) is 6.68. The summed E-state index contributed by atoms with van der Waals surface area (Å²) < 4.78 is 26.8. The molecule has 30 heavy (non-hydrogen) atoms. The molecular weight excluding hydrogens is 405 g/mol. The molecule has 3 aromatic rings. The first-order valence-corrected chi connectivity index (χ1v) is 10.7. The minimum absolute atomic E-state index is 0.300. The Morgan fingerprint density at radius 3 is 2.73 bits per heavy atom. The van der Waals surface area contributed by atoms with Crippen LogP contribution in [-0.2, 0) is 10.5 Å². The number of pyridine rings is 1. The Labute approximate surface area is 179 Å². The van der Waals surface area contributed by atoms with E-state index in [1.807, 2.05) is 30.7 Å². The zero-order valence-electron chi connectivity index (χ0n) is 17.3. The van der Waals surface area contributed by atoms with Crippen molar-refractivity contribution >= 4 is 17.7 Å². The maximum Gasteiger partial charge on any atom is 0.232 e. The number of halogens is 1. The minimum Gasteiger partial charge on any atom is -0.496 e. The minimum atomic E-state index is -0.300. The molecule has 4 rings (SSSR count). The molecule has 0 atom stereocenters. The highest BCUT2D eigenvalue weighted by Gasteiger charge is 2.22. The second-order valence-corrected chi connectivity index (χ2v) is 7.97. The van der Waals surface area contributed by atoms with Gasteiger partial charge in [-0.15, -0.1) is 10.2 Å². The Balaban J connectivity index is 1.67. The van der Waals surface area contributed by atoms with Gasteiger partial charge >= 0.3 is 0 Å². The van der Waals surface area contributed by atoms with Gasteiger partial charge in [-0.25, -0.2) is 4.39 Å². The maximum absolute atomic E-state index is 14.0. The van der Waals surface area contributed by atoms with E-state index in [0.29, 0.717) is 48.8 Å². The zero-order valence-corrected chi connectivity index (χ0v) is 18.1. The van der Waals surface area contributed by atoms with Crippen LogP contribution in [-0.4, -0.2) is 53.2 Å². The Kier molecular flexibility index (Phi) is 6.19. The molecule has 158 valence electrons. The standard InChI is InChI=1S/C21H24FN5O2S/c1-14-12-23-18(15(2)19(14)28-3)13-30-21-25-24-20(26-7-9-29-10-8-26)27(21)17-6-4-5-16(22)11-17/h4-6,11-12H,7-10,13H2,1-3H3. The van der Waals surface area contributed by atoms with Crippen molar-refractivity contribution in [2.45, 2.75) is 24.8 Å². The van der Waals surface area contributed by atoms with E-state index in [-0.39, 0.29) is 5.82 Å². The van der Waals surface area contributed by atoms with E-state index in [9.17, 15) is 4.39 Å². The van der Waals surface area contributed by atoms with Gasteiger partial charge in [-0.3, -0.25) is 9.55 Å². The molecule has 3 heterocycles. The number of aryl methyl sites for hydroxylation is 1. The maximum atomic E-state index is 14.0. The number of ether oxygens (including phenoxy) is 2. The summed E-state index contributed by atoms with van der Waals surface area (Å²) in [5.74, 6) is 1.84. The lowest BCUT2D eigenvalue weighted by Gasteiger charge is -2.27. The third kappa shape index (κ3) is 4.13. The molecule has 0 radical (unpaired) electrons. The summed E-state index contributed by atoms with van der Waals surface area (Å²) in [7, 11) is 1.67. The lowest BCUT2D eigenvalue weighted by Crippen LogP contribution is -2.37. The molecule has 0 aliphatic carbocycles. The van der Waals surface area contributed by atoms with Gasteiger partial charge in [-0.05, 0) is 32.0 Å². The first-order chi connectivity index (χ1) is 14.6. The van der Waals surface area contributed by atoms with Crippen molar-refractivity contribution in [3.8, 4) is 11.4 Å². The summed E-state index contributed by atoms with van der Waals surface area (Å²) in [5, 5.41) is 9.52. The average molecular weight is 430 g/mol. The molecule has 1 saturated heterocycles. The number of aromatic nitrogens is 4. The molecule has 0 unspecified atom stereocenters. The molecule has 9 heteroatoms. The van der Waals surface area contributed by atoms with Crippen LogP contribution in [0.25, 0.3) is 5.69 Å². The van der Waals surface area contributed by atoms with Crippen LogP contribution < -0.4 is 9.64 Å². The molecule has 0 spiro atoms. The average Bonchev–Trinajstić information content (AvgIpc) is 3.18. The van der Waals surface area contributed by atoms with Crippen LogP contribution in [0.2, 0.25) is 0 Å². The van der Waals surface area contributed by atoms with Crippen molar-refractivity contribution in [1.82, 2.24) is 19.7 Å². The first-order valence-electron chi connectivity index (χ1n) is 9.74. The Bertz CT molecular complexity index is 1040. The monoisotopic (exact) mass is 429 g/mol. The van der Waals surface area contributed by atoms with Crippen molar-refractivity contribution in [2.24, 2.45) is 0 Å². The second kappa shape index (κ2) is 9.01. The van der Waals surface area contributed by atoms with E-state index in [4.69, 9.17) is 9.47 Å². The third-order valence-electron chi connectivity index (χ3n) is 5.06. The highest BCUT2D eigenvalue weighted by molar-refractivity contribution is 7.98. The fourth-order valence-corrected chi connectivity index (χ4v) is 4.49. The van der Waals surface area contributed by atoms with Crippen LogP contribution in [0.4, 0.5) is 10.3 Å². The SMILES string of the molecule is COc1c(C)cnc(CSc2nnc(N3CCOCC3)n2-c2cccc(F)c2)c1C. The van der Waals surface area contributed by atoms with Crippen LogP contribution in [0.15, 0.2) is 35.6 Å². The van der Waals surface area contributed by atoms with Gasteiger partial charge in [0.15, 0.2) is 5.16 Å². The number of thioether (sulfide) groups is 1. The molecular formula is C21H24FN5O2S. The van der Waals surface area contributed by atoms with Crippen LogP contribution >= 0.6 is 11.8 Å². The van der Waals surface area contributed by atoms with Gasteiger partial charge in [0.1, 0.15) is 11.6 Å². The topological polar surface area (TPSA) is 65.3 Å². The number of benzene rings is 1. The second-order valence-electron chi connectivity index (χ2n) is 7.03. The Morgan fingerprint density at radius 2 is 2.00 bits per heavy atom. The number of hydrogen-bond donors (Lipinski definition) is 0. The lowest BCUT2D eigenvalue weighted by atomic mass is 10.1. The summed E-state index contributed by atoms with van der Waals surface area (Å²) in [6.07, 6.45) is 1.82. The summed E-state index contributed by atoms with van der Waals surface area (Å²) in [6.45, 7) is 6.67. The summed E-state index contributed by atoms with van der Waals surface area (Å²) in [5.41, 5.74) is 3.62. The molecule has 7 nitrogen and oxygen atoms in total. The quantitative estimate of drug-likeness (QED) is 0.555. The van der Waals surface area contributed by atoms with Gasteiger partial charge in [0, 0.05) is 36.2 Å². The molecule has 2 aromatic heterocycles. The number of rotatable bonds is 6. The molecule has 0 N–H and O–H groups in total. The highest BCUT2D eigenvalue weighted by Crippen LogP contribution is 2.32. The van der Waals surface area contributed by atoms with Crippen molar-refractivity contribution in [3.05, 3.63) is 53.1 Å². The predicted molar refractivity (Wildman–Crippen MR) is 114 cm³/mol. The third-order valence-corrected chi connectivity index (χ3v) is 6.00. The van der Waals surface area contributed by atoms with Gasteiger partial charge in [-0.1, -0.05) is 17.8 Å². The predicted octanol–water partition coefficient (Wildman–Crippen LogP) is 3.56. The van der Waals surface area contributed by atoms with Crippen LogP contribution in [0.3, 0.4) is 0 Å². The van der Waals surface area contributed by atoms with Gasteiger partial charge in [0.25, 0.3) is 0 Å². The Hall–Kier alpha value is -2.65. The fourth-order valence-electron chi connectivity index (χ4n) is 3.51. The van der Waals surface area contributed by atoms with Crippen molar-refractivity contribution in [3.63, 3.8) is 0 Å². The van der Waals surface area contributed by atoms with Crippen LogP contribution in [0, 0.1) is 19.7 Å². The van der Waals surface area contributed by atoms with Crippen molar-refractivity contribution in [1.29, 1.82) is 0 Å². The van der Waals surface area contributed by atoms with Gasteiger partial charge < -0.3 is 14.4 Å². The number of nitrogens with zero attached hydrogens (tertiary/aromatic N) is 5. The smallest absolute Gasteiger partial charge is 0.232 e. The van der Waals surface area contributed by atoms with E-state index in [2.05, 4.69) is 20.1 Å². The van der Waals surface area contributed by atoms with Crippen LogP contribution in [0.5, 0.6) is 5.75 Å². The van der Waals surface area contributed by atoms with Gasteiger partial charge in [-0.2, -0.15) is 0 Å². The van der Waals surface area contributed by atoms with E-state index in [1.165, 1.54) is 23.9 Å². The lowest BCUT2D eigenvalue weighted by molar-refractivity contribution is 0.122. The summed E-state index contributed by atoms with van der Waals surface area (Å²) in [6, 6.07) is 6.48. The van der Waals surface area contributed by atoms with E-state index in [0.717, 1.165) is 22.6 Å². The number of anilines is 1. The Morgan fingerprint density at radius 1 is 1.20 bits per heavy atom. The molecule has 0 bridgehead atoms. The fraction of sp³-hybridized carbons (Fsp3) is 0.381. The van der Waals surface area contributed by atoms with Crippen LogP contribution in [0.1, 0.15) is 16.8 Å². The highest BCUT2D eigenvalue weighted by atomic mass is 32.2. The van der Waals surface area contributed by atoms with Gasteiger partial charge in [0.2, 0.25) is 5.95 Å². The molecule has 1 aliphatic heterocycles.